The number of rotatable bonds is 4. The maximum atomic E-state index is 5.75. The summed E-state index contributed by atoms with van der Waals surface area (Å²) in [7, 11) is 0. The predicted molar refractivity (Wildman–Crippen MR) is 68.4 cm³/mol. The van der Waals surface area contributed by atoms with E-state index in [1.54, 1.807) is 0 Å². The number of ether oxygens (including phenoxy) is 3. The normalized spacial score (nSPS) is 32.3. The summed E-state index contributed by atoms with van der Waals surface area (Å²) < 4.78 is 16.9. The van der Waals surface area contributed by atoms with Crippen molar-refractivity contribution in [2.24, 2.45) is 5.92 Å². The summed E-state index contributed by atoms with van der Waals surface area (Å²) in [6, 6.07) is 0.658. The molecule has 0 amide bonds. The third-order valence-electron chi connectivity index (χ3n) is 4.57. The van der Waals surface area contributed by atoms with Crippen LogP contribution in [0, 0.1) is 5.92 Å². The van der Waals surface area contributed by atoms with E-state index < -0.39 is 0 Å². The van der Waals surface area contributed by atoms with Crippen molar-refractivity contribution >= 4 is 0 Å². The lowest BCUT2D eigenvalue weighted by Crippen LogP contribution is -2.42. The van der Waals surface area contributed by atoms with E-state index in [9.17, 15) is 0 Å². The molecule has 0 radical (unpaired) electrons. The summed E-state index contributed by atoms with van der Waals surface area (Å²) in [6.07, 6.45) is 6.97. The summed E-state index contributed by atoms with van der Waals surface area (Å²) in [6.45, 7) is 4.62. The fraction of sp³-hybridized carbons (Fsp3) is 1.00. The smallest absolute Gasteiger partial charge is 0.168 e. The second-order valence-corrected chi connectivity index (χ2v) is 5.85. The lowest BCUT2D eigenvalue weighted by atomic mass is 9.90. The van der Waals surface area contributed by atoms with Gasteiger partial charge in [0.1, 0.15) is 0 Å². The molecule has 0 aromatic heterocycles. The third-order valence-corrected chi connectivity index (χ3v) is 4.57. The summed E-state index contributed by atoms with van der Waals surface area (Å²) in [5.74, 6) is 0.575. The molecule has 3 rings (SSSR count). The highest BCUT2D eigenvalue weighted by Gasteiger charge is 2.40. The van der Waals surface area contributed by atoms with Crippen molar-refractivity contribution in [3.05, 3.63) is 0 Å². The molecule has 3 aliphatic rings. The average molecular weight is 255 g/mol. The quantitative estimate of drug-likeness (QED) is 0.830. The Morgan fingerprint density at radius 3 is 2.44 bits per heavy atom. The molecule has 1 N–H and O–H groups in total. The van der Waals surface area contributed by atoms with Crippen molar-refractivity contribution < 1.29 is 14.2 Å². The fourth-order valence-corrected chi connectivity index (χ4v) is 3.35. The summed E-state index contributed by atoms with van der Waals surface area (Å²) in [5, 5.41) is 3.69. The van der Waals surface area contributed by atoms with E-state index in [2.05, 4.69) is 5.32 Å². The van der Waals surface area contributed by atoms with E-state index in [0.717, 1.165) is 51.7 Å². The van der Waals surface area contributed by atoms with Crippen molar-refractivity contribution in [3.63, 3.8) is 0 Å². The van der Waals surface area contributed by atoms with Gasteiger partial charge in [0.25, 0.3) is 0 Å². The second kappa shape index (κ2) is 5.87. The van der Waals surface area contributed by atoms with Crippen LogP contribution in [-0.2, 0) is 14.2 Å². The molecule has 2 aliphatic heterocycles. The Labute approximate surface area is 109 Å². The number of hydrogen-bond donors (Lipinski definition) is 1. The van der Waals surface area contributed by atoms with E-state index in [-0.39, 0.29) is 5.79 Å². The van der Waals surface area contributed by atoms with Gasteiger partial charge in [-0.05, 0) is 38.1 Å². The van der Waals surface area contributed by atoms with Crippen LogP contribution in [0.4, 0.5) is 0 Å². The highest BCUT2D eigenvalue weighted by atomic mass is 16.7. The molecule has 1 unspecified atom stereocenters. The molecule has 104 valence electrons. The second-order valence-electron chi connectivity index (χ2n) is 5.85. The first-order chi connectivity index (χ1) is 8.86. The van der Waals surface area contributed by atoms with Crippen LogP contribution in [0.25, 0.3) is 0 Å². The maximum absolute atomic E-state index is 5.75. The molecule has 0 aromatic carbocycles. The maximum Gasteiger partial charge on any atom is 0.168 e. The van der Waals surface area contributed by atoms with Crippen LogP contribution in [0.3, 0.4) is 0 Å². The molecule has 0 aromatic rings. The van der Waals surface area contributed by atoms with E-state index in [4.69, 9.17) is 14.2 Å². The van der Waals surface area contributed by atoms with Gasteiger partial charge in [-0.3, -0.25) is 0 Å². The van der Waals surface area contributed by atoms with E-state index in [1.165, 1.54) is 25.7 Å². The topological polar surface area (TPSA) is 39.7 Å². The van der Waals surface area contributed by atoms with Crippen molar-refractivity contribution in [3.8, 4) is 0 Å². The number of hydrogen-bond acceptors (Lipinski definition) is 4. The minimum atomic E-state index is -0.211. The molecular weight excluding hydrogens is 230 g/mol. The van der Waals surface area contributed by atoms with E-state index >= 15 is 0 Å². The lowest BCUT2D eigenvalue weighted by Gasteiger charge is -2.35. The van der Waals surface area contributed by atoms with E-state index in [1.807, 2.05) is 0 Å². The molecule has 4 heteroatoms. The van der Waals surface area contributed by atoms with Crippen LogP contribution < -0.4 is 5.32 Å². The molecule has 4 nitrogen and oxygen atoms in total. The first-order valence-corrected chi connectivity index (χ1v) is 7.45. The minimum Gasteiger partial charge on any atom is -0.381 e. The van der Waals surface area contributed by atoms with Crippen molar-refractivity contribution in [2.45, 2.75) is 50.4 Å². The highest BCUT2D eigenvalue weighted by molar-refractivity contribution is 4.85. The van der Waals surface area contributed by atoms with Crippen LogP contribution in [-0.4, -0.2) is 44.8 Å². The van der Waals surface area contributed by atoms with Crippen LogP contribution >= 0.6 is 0 Å². The zero-order chi connectivity index (χ0) is 12.3. The number of nitrogens with one attached hydrogen (secondary N) is 1. The van der Waals surface area contributed by atoms with Gasteiger partial charge >= 0.3 is 0 Å². The van der Waals surface area contributed by atoms with Crippen LogP contribution in [0.1, 0.15) is 38.5 Å². The lowest BCUT2D eigenvalue weighted by molar-refractivity contribution is -0.179. The Kier molecular flexibility index (Phi) is 4.19. The Bertz CT molecular complexity index is 250. The van der Waals surface area contributed by atoms with E-state index in [0.29, 0.717) is 6.04 Å². The Balaban J connectivity index is 1.32. The summed E-state index contributed by atoms with van der Waals surface area (Å²) >= 11 is 0. The molecule has 1 saturated carbocycles. The summed E-state index contributed by atoms with van der Waals surface area (Å²) in [5.41, 5.74) is 0. The zero-order valence-electron chi connectivity index (χ0n) is 11.2. The molecule has 2 saturated heterocycles. The summed E-state index contributed by atoms with van der Waals surface area (Å²) in [4.78, 5) is 0. The minimum absolute atomic E-state index is 0.211. The average Bonchev–Trinajstić information content (AvgIpc) is 3.04. The molecular formula is C14H25NO3. The molecule has 18 heavy (non-hydrogen) atoms. The fourth-order valence-electron chi connectivity index (χ4n) is 3.35. The standard InChI is InChI=1S/C14H25NO3/c1-5-14(17-9-10-18-14)6-2-13(1)15-7-3-12-4-8-16-11-12/h12-13,15H,1-11H2. The molecule has 1 aliphatic carbocycles. The van der Waals surface area contributed by atoms with Crippen LogP contribution in [0.5, 0.6) is 0 Å². The Hall–Kier alpha value is -0.160. The SMILES string of the molecule is C(CC1CCOC1)NC1CCC2(CC1)OCCO2. The molecule has 3 fully saturated rings. The molecule has 0 bridgehead atoms. The van der Waals surface area contributed by atoms with Gasteiger partial charge in [0.05, 0.1) is 13.2 Å². The first-order valence-electron chi connectivity index (χ1n) is 7.45. The van der Waals surface area contributed by atoms with Crippen molar-refractivity contribution in [1.29, 1.82) is 0 Å². The van der Waals surface area contributed by atoms with Gasteiger partial charge < -0.3 is 19.5 Å². The van der Waals surface area contributed by atoms with Crippen molar-refractivity contribution in [2.75, 3.05) is 33.0 Å². The van der Waals surface area contributed by atoms with Gasteiger partial charge in [0, 0.05) is 32.1 Å². The zero-order valence-corrected chi connectivity index (χ0v) is 11.2. The van der Waals surface area contributed by atoms with Gasteiger partial charge in [0.15, 0.2) is 5.79 Å². The first kappa shape index (κ1) is 12.9. The Morgan fingerprint density at radius 1 is 1.00 bits per heavy atom. The monoisotopic (exact) mass is 255 g/mol. The third kappa shape index (κ3) is 3.05. The van der Waals surface area contributed by atoms with Gasteiger partial charge in [-0.2, -0.15) is 0 Å². The van der Waals surface area contributed by atoms with Gasteiger partial charge in [-0.15, -0.1) is 0 Å². The Morgan fingerprint density at radius 2 is 1.78 bits per heavy atom. The van der Waals surface area contributed by atoms with Crippen molar-refractivity contribution in [1.82, 2.24) is 5.32 Å². The van der Waals surface area contributed by atoms with Crippen LogP contribution in [0.15, 0.2) is 0 Å². The predicted octanol–water partition coefficient (Wildman–Crippen LogP) is 1.69. The molecule has 1 atom stereocenters. The van der Waals surface area contributed by atoms with Crippen LogP contribution in [0.2, 0.25) is 0 Å². The highest BCUT2D eigenvalue weighted by Crippen LogP contribution is 2.35. The molecule has 1 spiro atoms. The van der Waals surface area contributed by atoms with Gasteiger partial charge in [-0.1, -0.05) is 0 Å². The largest absolute Gasteiger partial charge is 0.381 e. The van der Waals surface area contributed by atoms with Gasteiger partial charge in [0.2, 0.25) is 0 Å². The van der Waals surface area contributed by atoms with Gasteiger partial charge in [-0.25, -0.2) is 0 Å². The molecule has 2 heterocycles.